The average molecular weight is 321 g/mol. The van der Waals surface area contributed by atoms with E-state index in [4.69, 9.17) is 5.26 Å². The van der Waals surface area contributed by atoms with E-state index in [2.05, 4.69) is 5.10 Å². The molecule has 0 aliphatic carbocycles. The fourth-order valence-corrected chi connectivity index (χ4v) is 2.83. The molecule has 0 spiro atoms. The second-order valence-electron chi connectivity index (χ2n) is 3.57. The lowest BCUT2D eigenvalue weighted by atomic mass is 10.1. The quantitative estimate of drug-likeness (QED) is 0.484. The zero-order valence-electron chi connectivity index (χ0n) is 10.8. The Bertz CT molecular complexity index is 593. The maximum Gasteiger partial charge on any atom is 0.435 e. The summed E-state index contributed by atoms with van der Waals surface area (Å²) in [6.45, 7) is 0. The van der Waals surface area contributed by atoms with Gasteiger partial charge in [-0.15, -0.1) is 23.5 Å². The van der Waals surface area contributed by atoms with Crippen molar-refractivity contribution in [2.75, 3.05) is 12.5 Å². The van der Waals surface area contributed by atoms with Crippen LogP contribution in [0.5, 0.6) is 0 Å². The third-order valence-electron chi connectivity index (χ3n) is 2.26. The standard InChI is InChI=1S/C11H10F3N3OS2/c1-17-5-7(9(16-17)11(12,13)14)8(18)6(4-15)10(19-2)20-3/h5H,1-3H3. The maximum atomic E-state index is 12.8. The van der Waals surface area contributed by atoms with Gasteiger partial charge in [-0.1, -0.05) is 0 Å². The molecule has 9 heteroatoms. The van der Waals surface area contributed by atoms with Gasteiger partial charge in [-0.2, -0.15) is 23.5 Å². The number of aryl methyl sites for hydroxylation is 1. The van der Waals surface area contributed by atoms with Crippen LogP contribution >= 0.6 is 23.5 Å². The number of nitriles is 1. The molecule has 4 nitrogen and oxygen atoms in total. The fourth-order valence-electron chi connectivity index (χ4n) is 1.48. The molecule has 0 aromatic carbocycles. The van der Waals surface area contributed by atoms with Crippen molar-refractivity contribution < 1.29 is 18.0 Å². The van der Waals surface area contributed by atoms with Crippen molar-refractivity contribution in [1.29, 1.82) is 5.26 Å². The van der Waals surface area contributed by atoms with Gasteiger partial charge in [-0.05, 0) is 12.5 Å². The average Bonchev–Trinajstić information content (AvgIpc) is 2.77. The molecule has 0 fully saturated rings. The van der Waals surface area contributed by atoms with E-state index in [0.717, 1.165) is 34.4 Å². The molecule has 0 saturated carbocycles. The van der Waals surface area contributed by atoms with Gasteiger partial charge in [-0.25, -0.2) is 0 Å². The molecule has 0 atom stereocenters. The van der Waals surface area contributed by atoms with Crippen LogP contribution in [-0.4, -0.2) is 28.1 Å². The molecule has 108 valence electrons. The summed E-state index contributed by atoms with van der Waals surface area (Å²) in [5.74, 6) is -0.966. The molecule has 0 aliphatic heterocycles. The molecule has 1 aromatic heterocycles. The minimum absolute atomic E-state index is 0.302. The highest BCUT2D eigenvalue weighted by molar-refractivity contribution is 8.21. The SMILES string of the molecule is CSC(SC)=C(C#N)C(=O)c1cn(C)nc1C(F)(F)F. The van der Waals surface area contributed by atoms with E-state index in [9.17, 15) is 18.0 Å². The molecular formula is C11H10F3N3OS2. The third-order valence-corrected chi connectivity index (χ3v) is 4.41. The predicted octanol–water partition coefficient (Wildman–Crippen LogP) is 3.08. The van der Waals surface area contributed by atoms with Gasteiger partial charge < -0.3 is 0 Å². The minimum Gasteiger partial charge on any atom is -0.288 e. The second kappa shape index (κ2) is 6.37. The molecule has 0 saturated heterocycles. The van der Waals surface area contributed by atoms with Gasteiger partial charge in [0.25, 0.3) is 0 Å². The van der Waals surface area contributed by atoms with Crippen LogP contribution in [0.1, 0.15) is 16.1 Å². The van der Waals surface area contributed by atoms with Crippen molar-refractivity contribution in [3.63, 3.8) is 0 Å². The summed E-state index contributed by atoms with van der Waals surface area (Å²) >= 11 is 2.27. The number of carbonyl (C=O) groups excluding carboxylic acids is 1. The number of ketones is 1. The first-order valence-corrected chi connectivity index (χ1v) is 7.59. The van der Waals surface area contributed by atoms with Crippen molar-refractivity contribution in [1.82, 2.24) is 9.78 Å². The first kappa shape index (κ1) is 16.7. The Morgan fingerprint density at radius 3 is 2.35 bits per heavy atom. The molecular weight excluding hydrogens is 311 g/mol. The molecule has 1 heterocycles. The number of alkyl halides is 3. The second-order valence-corrected chi connectivity index (χ2v) is 5.47. The molecule has 0 radical (unpaired) electrons. The van der Waals surface area contributed by atoms with Crippen LogP contribution in [0.15, 0.2) is 16.0 Å². The largest absolute Gasteiger partial charge is 0.435 e. The van der Waals surface area contributed by atoms with Gasteiger partial charge in [0.05, 0.1) is 9.80 Å². The molecule has 1 aromatic rings. The number of Topliss-reactive ketones (excluding diaryl/α,β-unsaturated/α-hetero) is 1. The number of hydrogen-bond donors (Lipinski definition) is 0. The molecule has 0 unspecified atom stereocenters. The van der Waals surface area contributed by atoms with Crippen molar-refractivity contribution in [3.05, 3.63) is 27.3 Å². The Balaban J connectivity index is 3.43. The molecule has 0 amide bonds. The molecule has 0 aliphatic rings. The van der Waals surface area contributed by atoms with Crippen molar-refractivity contribution in [2.45, 2.75) is 6.18 Å². The third kappa shape index (κ3) is 3.37. The lowest BCUT2D eigenvalue weighted by Gasteiger charge is -2.06. The number of carbonyl (C=O) groups is 1. The van der Waals surface area contributed by atoms with Crippen LogP contribution in [0.25, 0.3) is 0 Å². The number of hydrogen-bond acceptors (Lipinski definition) is 5. The van der Waals surface area contributed by atoms with Gasteiger partial charge in [0.15, 0.2) is 5.69 Å². The van der Waals surface area contributed by atoms with Gasteiger partial charge in [-0.3, -0.25) is 9.48 Å². The van der Waals surface area contributed by atoms with Crippen LogP contribution in [0.4, 0.5) is 13.2 Å². The van der Waals surface area contributed by atoms with Gasteiger partial charge in [0.1, 0.15) is 11.6 Å². The highest BCUT2D eigenvalue weighted by atomic mass is 32.2. The number of rotatable bonds is 4. The van der Waals surface area contributed by atoms with E-state index in [1.165, 1.54) is 7.05 Å². The Hall–Kier alpha value is -1.40. The van der Waals surface area contributed by atoms with Gasteiger partial charge >= 0.3 is 6.18 Å². The first-order valence-electron chi connectivity index (χ1n) is 5.14. The Labute approximate surface area is 122 Å². The summed E-state index contributed by atoms with van der Waals surface area (Å²) in [4.78, 5) is 12.2. The summed E-state index contributed by atoms with van der Waals surface area (Å²) < 4.78 is 39.7. The summed E-state index contributed by atoms with van der Waals surface area (Å²) in [7, 11) is 1.28. The maximum absolute atomic E-state index is 12.8. The number of allylic oxidation sites excluding steroid dienone is 1. The van der Waals surface area contributed by atoms with Gasteiger partial charge in [0.2, 0.25) is 5.78 Å². The summed E-state index contributed by atoms with van der Waals surface area (Å²) in [5, 5.41) is 12.3. The zero-order valence-corrected chi connectivity index (χ0v) is 12.4. The highest BCUT2D eigenvalue weighted by Gasteiger charge is 2.39. The fraction of sp³-hybridized carbons (Fsp3) is 0.364. The summed E-state index contributed by atoms with van der Waals surface area (Å²) in [6.07, 6.45) is -0.485. The monoisotopic (exact) mass is 321 g/mol. The van der Waals surface area contributed by atoms with E-state index in [1.54, 1.807) is 18.6 Å². The highest BCUT2D eigenvalue weighted by Crippen LogP contribution is 2.34. The Morgan fingerprint density at radius 1 is 1.40 bits per heavy atom. The normalized spacial score (nSPS) is 11.1. The van der Waals surface area contributed by atoms with Crippen molar-refractivity contribution in [2.24, 2.45) is 7.05 Å². The number of aromatic nitrogens is 2. The van der Waals surface area contributed by atoms with Crippen molar-refractivity contribution in [3.8, 4) is 6.07 Å². The number of thioether (sulfide) groups is 2. The van der Waals surface area contributed by atoms with Crippen LogP contribution < -0.4 is 0 Å². The van der Waals surface area contributed by atoms with E-state index in [1.807, 2.05) is 0 Å². The van der Waals surface area contributed by atoms with Crippen LogP contribution in [-0.2, 0) is 13.2 Å². The predicted molar refractivity (Wildman–Crippen MR) is 72.2 cm³/mol. The van der Waals surface area contributed by atoms with Crippen molar-refractivity contribution >= 4 is 29.3 Å². The van der Waals surface area contributed by atoms with Crippen LogP contribution in [0.2, 0.25) is 0 Å². The number of nitrogens with zero attached hydrogens (tertiary/aromatic N) is 3. The molecule has 0 bridgehead atoms. The zero-order chi connectivity index (χ0) is 15.5. The van der Waals surface area contributed by atoms with Crippen LogP contribution in [0, 0.1) is 11.3 Å². The van der Waals surface area contributed by atoms with E-state index >= 15 is 0 Å². The smallest absolute Gasteiger partial charge is 0.288 e. The van der Waals surface area contributed by atoms with E-state index in [-0.39, 0.29) is 5.57 Å². The number of halogens is 3. The topological polar surface area (TPSA) is 58.7 Å². The lowest BCUT2D eigenvalue weighted by Crippen LogP contribution is -2.13. The van der Waals surface area contributed by atoms with E-state index in [0.29, 0.717) is 4.24 Å². The van der Waals surface area contributed by atoms with E-state index < -0.39 is 23.2 Å². The Morgan fingerprint density at radius 2 is 1.95 bits per heavy atom. The Kier molecular flexibility index (Phi) is 5.30. The summed E-state index contributed by atoms with van der Waals surface area (Å²) in [6, 6.07) is 1.67. The van der Waals surface area contributed by atoms with Crippen LogP contribution in [0.3, 0.4) is 0 Å². The molecule has 0 N–H and O–H groups in total. The summed E-state index contributed by atoms with van der Waals surface area (Å²) in [5.41, 5.74) is -2.19. The first-order chi connectivity index (χ1) is 9.26. The minimum atomic E-state index is -4.74. The molecule has 20 heavy (non-hydrogen) atoms. The molecule has 1 rings (SSSR count). The van der Waals surface area contributed by atoms with Gasteiger partial charge in [0, 0.05) is 13.2 Å². The lowest BCUT2D eigenvalue weighted by molar-refractivity contribution is -0.141.